The summed E-state index contributed by atoms with van der Waals surface area (Å²) in [5, 5.41) is 0.776. The fraction of sp³-hybridized carbons (Fsp3) is 0.100. The number of aromatic nitrogens is 2. The fourth-order valence-electron chi connectivity index (χ4n) is 1.23. The van der Waals surface area contributed by atoms with Crippen LogP contribution in [0.3, 0.4) is 0 Å². The Bertz CT molecular complexity index is 382. The summed E-state index contributed by atoms with van der Waals surface area (Å²) in [6.45, 7) is 0.820. The number of rotatable bonds is 2. The van der Waals surface area contributed by atoms with Gasteiger partial charge in [-0.25, -0.2) is 4.98 Å². The molecule has 0 unspecified atom stereocenters. The van der Waals surface area contributed by atoms with Crippen LogP contribution in [0.25, 0.3) is 0 Å². The second-order valence-corrected chi connectivity index (χ2v) is 3.30. The average Bonchev–Trinajstić information content (AvgIpc) is 2.57. The predicted octanol–water partition coefficient (Wildman–Crippen LogP) is 2.58. The lowest BCUT2D eigenvalue weighted by atomic mass is 10.2. The Morgan fingerprint density at radius 1 is 1.38 bits per heavy atom. The van der Waals surface area contributed by atoms with E-state index in [0.717, 1.165) is 11.6 Å². The van der Waals surface area contributed by atoms with Crippen molar-refractivity contribution in [2.24, 2.45) is 0 Å². The maximum absolute atomic E-state index is 5.86. The molecular weight excluding hydrogens is 184 g/mol. The van der Waals surface area contributed by atoms with E-state index in [1.165, 1.54) is 5.56 Å². The van der Waals surface area contributed by atoms with Gasteiger partial charge >= 0.3 is 0 Å². The van der Waals surface area contributed by atoms with E-state index >= 15 is 0 Å². The van der Waals surface area contributed by atoms with Gasteiger partial charge in [-0.3, -0.25) is 0 Å². The first kappa shape index (κ1) is 8.32. The van der Waals surface area contributed by atoms with Crippen molar-refractivity contribution in [1.29, 1.82) is 0 Å². The van der Waals surface area contributed by atoms with Gasteiger partial charge in [0.1, 0.15) is 0 Å². The maximum atomic E-state index is 5.86. The highest BCUT2D eigenvalue weighted by atomic mass is 35.5. The Morgan fingerprint density at radius 2 is 2.31 bits per heavy atom. The molecule has 3 heteroatoms. The third kappa shape index (κ3) is 2.10. The fourth-order valence-corrected chi connectivity index (χ4v) is 1.44. The van der Waals surface area contributed by atoms with E-state index in [1.807, 2.05) is 35.0 Å². The third-order valence-electron chi connectivity index (χ3n) is 1.81. The Morgan fingerprint density at radius 3 is 3.00 bits per heavy atom. The van der Waals surface area contributed by atoms with Crippen LogP contribution >= 0.6 is 11.6 Å². The second kappa shape index (κ2) is 3.62. The van der Waals surface area contributed by atoms with Gasteiger partial charge in [-0.2, -0.15) is 0 Å². The van der Waals surface area contributed by atoms with Crippen LogP contribution in [-0.4, -0.2) is 9.55 Å². The van der Waals surface area contributed by atoms with Crippen LogP contribution in [0.4, 0.5) is 0 Å². The number of benzene rings is 1. The minimum Gasteiger partial charge on any atom is -0.333 e. The zero-order chi connectivity index (χ0) is 9.10. The third-order valence-corrected chi connectivity index (χ3v) is 2.05. The number of halogens is 1. The molecule has 0 saturated heterocycles. The molecule has 0 aliphatic carbocycles. The van der Waals surface area contributed by atoms with Gasteiger partial charge < -0.3 is 4.57 Å². The van der Waals surface area contributed by atoms with Crippen molar-refractivity contribution in [2.45, 2.75) is 6.54 Å². The summed E-state index contributed by atoms with van der Waals surface area (Å²) in [5.41, 5.74) is 1.19. The molecule has 1 heterocycles. The standard InChI is InChI=1S/C10H9ClN2/c11-10-3-1-2-9(6-10)7-13-5-4-12-8-13/h1-6,8H,7H2. The maximum Gasteiger partial charge on any atom is 0.0949 e. The zero-order valence-electron chi connectivity index (χ0n) is 7.02. The quantitative estimate of drug-likeness (QED) is 0.715. The van der Waals surface area contributed by atoms with Crippen molar-refractivity contribution >= 4 is 11.6 Å². The van der Waals surface area contributed by atoms with E-state index < -0.39 is 0 Å². The average molecular weight is 193 g/mol. The highest BCUT2D eigenvalue weighted by Crippen LogP contribution is 2.11. The molecule has 2 nitrogen and oxygen atoms in total. The first-order valence-corrected chi connectivity index (χ1v) is 4.42. The molecule has 66 valence electrons. The highest BCUT2D eigenvalue weighted by molar-refractivity contribution is 6.30. The molecule has 2 aromatic rings. The van der Waals surface area contributed by atoms with Gasteiger partial charge in [0.05, 0.1) is 6.33 Å². The zero-order valence-corrected chi connectivity index (χ0v) is 7.78. The number of nitrogens with zero attached hydrogens (tertiary/aromatic N) is 2. The molecule has 2 rings (SSSR count). The van der Waals surface area contributed by atoms with Crippen LogP contribution in [-0.2, 0) is 6.54 Å². The van der Waals surface area contributed by atoms with Crippen molar-refractivity contribution in [1.82, 2.24) is 9.55 Å². The SMILES string of the molecule is Clc1cccc(Cn2ccnc2)c1. The van der Waals surface area contributed by atoms with Gasteiger partial charge in [0.2, 0.25) is 0 Å². The van der Waals surface area contributed by atoms with E-state index in [0.29, 0.717) is 0 Å². The van der Waals surface area contributed by atoms with Crippen molar-refractivity contribution in [3.8, 4) is 0 Å². The summed E-state index contributed by atoms with van der Waals surface area (Å²) in [6.07, 6.45) is 5.49. The first-order chi connectivity index (χ1) is 6.34. The van der Waals surface area contributed by atoms with Gasteiger partial charge in [-0.15, -0.1) is 0 Å². The van der Waals surface area contributed by atoms with Crippen molar-refractivity contribution in [2.75, 3.05) is 0 Å². The van der Waals surface area contributed by atoms with E-state index in [4.69, 9.17) is 11.6 Å². The Balaban J connectivity index is 2.19. The van der Waals surface area contributed by atoms with Crippen molar-refractivity contribution < 1.29 is 0 Å². The van der Waals surface area contributed by atoms with E-state index in [1.54, 1.807) is 12.5 Å². The summed E-state index contributed by atoms with van der Waals surface area (Å²) in [5.74, 6) is 0. The predicted molar refractivity (Wildman–Crippen MR) is 52.8 cm³/mol. The lowest BCUT2D eigenvalue weighted by Gasteiger charge is -2.01. The minimum atomic E-state index is 0.776. The van der Waals surface area contributed by atoms with Gasteiger partial charge in [0.15, 0.2) is 0 Å². The van der Waals surface area contributed by atoms with Crippen LogP contribution in [0.5, 0.6) is 0 Å². The number of imidazole rings is 1. The molecule has 1 aromatic heterocycles. The number of hydrogen-bond acceptors (Lipinski definition) is 1. The summed E-state index contributed by atoms with van der Waals surface area (Å²) in [4.78, 5) is 3.97. The molecule has 1 aromatic carbocycles. The molecule has 0 atom stereocenters. The lowest BCUT2D eigenvalue weighted by Crippen LogP contribution is -1.95. The molecule has 0 amide bonds. The molecule has 0 fully saturated rings. The molecule has 0 saturated carbocycles. The van der Waals surface area contributed by atoms with Crippen molar-refractivity contribution in [3.63, 3.8) is 0 Å². The van der Waals surface area contributed by atoms with Crippen LogP contribution in [0.2, 0.25) is 5.02 Å². The van der Waals surface area contributed by atoms with E-state index in [-0.39, 0.29) is 0 Å². The summed E-state index contributed by atoms with van der Waals surface area (Å²) in [6, 6.07) is 7.83. The highest BCUT2D eigenvalue weighted by Gasteiger charge is 1.94. The second-order valence-electron chi connectivity index (χ2n) is 2.86. The summed E-state index contributed by atoms with van der Waals surface area (Å²) < 4.78 is 2.01. The smallest absolute Gasteiger partial charge is 0.0949 e. The first-order valence-electron chi connectivity index (χ1n) is 4.05. The lowest BCUT2D eigenvalue weighted by molar-refractivity contribution is 0.797. The van der Waals surface area contributed by atoms with Gasteiger partial charge in [-0.1, -0.05) is 23.7 Å². The van der Waals surface area contributed by atoms with Crippen LogP contribution in [0.1, 0.15) is 5.56 Å². The minimum absolute atomic E-state index is 0.776. The molecule has 0 radical (unpaired) electrons. The Labute approximate surface area is 81.8 Å². The van der Waals surface area contributed by atoms with E-state index in [9.17, 15) is 0 Å². The molecule has 0 spiro atoms. The molecular formula is C10H9ClN2. The van der Waals surface area contributed by atoms with Gasteiger partial charge in [0, 0.05) is 24.0 Å². The van der Waals surface area contributed by atoms with Crippen LogP contribution in [0, 0.1) is 0 Å². The Hall–Kier alpha value is -1.28. The molecule has 0 aliphatic heterocycles. The van der Waals surface area contributed by atoms with Gasteiger partial charge in [0.25, 0.3) is 0 Å². The Kier molecular flexibility index (Phi) is 2.32. The topological polar surface area (TPSA) is 17.8 Å². The van der Waals surface area contributed by atoms with Crippen LogP contribution in [0.15, 0.2) is 43.0 Å². The molecule has 13 heavy (non-hydrogen) atoms. The summed E-state index contributed by atoms with van der Waals surface area (Å²) >= 11 is 5.86. The van der Waals surface area contributed by atoms with Crippen LogP contribution < -0.4 is 0 Å². The molecule has 0 bridgehead atoms. The van der Waals surface area contributed by atoms with Gasteiger partial charge in [-0.05, 0) is 17.7 Å². The number of hydrogen-bond donors (Lipinski definition) is 0. The monoisotopic (exact) mass is 192 g/mol. The summed E-state index contributed by atoms with van der Waals surface area (Å²) in [7, 11) is 0. The normalized spacial score (nSPS) is 10.2. The molecule has 0 aliphatic rings. The van der Waals surface area contributed by atoms with E-state index in [2.05, 4.69) is 4.98 Å². The van der Waals surface area contributed by atoms with Crippen molar-refractivity contribution in [3.05, 3.63) is 53.6 Å². The largest absolute Gasteiger partial charge is 0.333 e. The molecule has 0 N–H and O–H groups in total.